The van der Waals surface area contributed by atoms with Crippen LogP contribution in [0.5, 0.6) is 5.75 Å². The molecule has 0 spiro atoms. The van der Waals surface area contributed by atoms with E-state index >= 15 is 0 Å². The van der Waals surface area contributed by atoms with Crippen LogP contribution in [-0.4, -0.2) is 27.2 Å². The molecule has 0 radical (unpaired) electrons. The number of aliphatic hydroxyl groups excluding tert-OH is 1. The van der Waals surface area contributed by atoms with E-state index in [1.54, 1.807) is 23.5 Å². The first kappa shape index (κ1) is 19.9. The minimum absolute atomic E-state index is 0.00791. The number of hydrogen-bond donors (Lipinski definition) is 2. The second-order valence-electron chi connectivity index (χ2n) is 5.76. The molecule has 0 bridgehead atoms. The Morgan fingerprint density at radius 2 is 1.93 bits per heavy atom. The molecule has 0 saturated heterocycles. The Hall–Kier alpha value is -1.90. The number of ether oxygens (including phenoxy) is 1. The SMILES string of the molecule is COc1ccc(S(=O)(=O)NCC(O)c2ccc(-c3cccs3)cc2)cc1Cl. The lowest BCUT2D eigenvalue weighted by Crippen LogP contribution is -2.28. The molecule has 1 atom stereocenters. The number of hydrogen-bond acceptors (Lipinski definition) is 5. The number of thiophene rings is 1. The summed E-state index contributed by atoms with van der Waals surface area (Å²) in [5, 5.41) is 12.5. The molecule has 27 heavy (non-hydrogen) atoms. The third kappa shape index (κ3) is 4.69. The second-order valence-corrected chi connectivity index (χ2v) is 8.89. The summed E-state index contributed by atoms with van der Waals surface area (Å²) < 4.78 is 32.2. The van der Waals surface area contributed by atoms with E-state index in [-0.39, 0.29) is 16.5 Å². The molecule has 1 aromatic heterocycles. The monoisotopic (exact) mass is 423 g/mol. The largest absolute Gasteiger partial charge is 0.495 e. The van der Waals surface area contributed by atoms with Gasteiger partial charge in [0.25, 0.3) is 0 Å². The molecule has 5 nitrogen and oxygen atoms in total. The van der Waals surface area contributed by atoms with Crippen molar-refractivity contribution in [3.8, 4) is 16.2 Å². The summed E-state index contributed by atoms with van der Waals surface area (Å²) in [6.45, 7) is -0.148. The summed E-state index contributed by atoms with van der Waals surface area (Å²) in [5.41, 5.74) is 1.68. The van der Waals surface area contributed by atoms with Crippen molar-refractivity contribution in [1.29, 1.82) is 0 Å². The van der Waals surface area contributed by atoms with Gasteiger partial charge in [0.1, 0.15) is 5.75 Å². The first-order valence-electron chi connectivity index (χ1n) is 8.06. The van der Waals surface area contributed by atoms with Gasteiger partial charge in [-0.15, -0.1) is 11.3 Å². The van der Waals surface area contributed by atoms with Crippen LogP contribution in [0.4, 0.5) is 0 Å². The highest BCUT2D eigenvalue weighted by molar-refractivity contribution is 7.89. The molecule has 0 amide bonds. The Bertz CT molecular complexity index is 1000. The van der Waals surface area contributed by atoms with Crippen LogP contribution in [0.2, 0.25) is 5.02 Å². The van der Waals surface area contributed by atoms with E-state index in [1.807, 2.05) is 29.6 Å². The van der Waals surface area contributed by atoms with Gasteiger partial charge in [-0.05, 0) is 40.8 Å². The second kappa shape index (κ2) is 8.41. The third-order valence-corrected chi connectivity index (χ3v) is 6.64. The predicted molar refractivity (Wildman–Crippen MR) is 108 cm³/mol. The molecule has 0 fully saturated rings. The van der Waals surface area contributed by atoms with Gasteiger partial charge in [0.2, 0.25) is 10.0 Å². The molecule has 2 N–H and O–H groups in total. The maximum absolute atomic E-state index is 12.4. The average Bonchev–Trinajstić information content (AvgIpc) is 3.21. The molecular formula is C19H18ClNO4S2. The minimum Gasteiger partial charge on any atom is -0.495 e. The van der Waals surface area contributed by atoms with Crippen molar-refractivity contribution in [2.45, 2.75) is 11.0 Å². The molecule has 0 aliphatic carbocycles. The van der Waals surface area contributed by atoms with Crippen LogP contribution in [0, 0.1) is 0 Å². The van der Waals surface area contributed by atoms with Gasteiger partial charge in [-0.1, -0.05) is 41.9 Å². The predicted octanol–water partition coefficient (Wildman–Crippen LogP) is 4.09. The first-order valence-corrected chi connectivity index (χ1v) is 10.8. The highest BCUT2D eigenvalue weighted by Gasteiger charge is 2.18. The summed E-state index contributed by atoms with van der Waals surface area (Å²) in [7, 11) is -2.35. The van der Waals surface area contributed by atoms with Gasteiger partial charge in [-0.25, -0.2) is 13.1 Å². The van der Waals surface area contributed by atoms with Crippen LogP contribution < -0.4 is 9.46 Å². The molecule has 0 aliphatic rings. The minimum atomic E-state index is -3.80. The lowest BCUT2D eigenvalue weighted by atomic mass is 10.1. The molecule has 2 aromatic carbocycles. The fraction of sp³-hybridized carbons (Fsp3) is 0.158. The molecule has 3 rings (SSSR count). The van der Waals surface area contributed by atoms with E-state index in [2.05, 4.69) is 4.72 Å². The maximum atomic E-state index is 12.4. The highest BCUT2D eigenvalue weighted by atomic mass is 35.5. The number of nitrogens with one attached hydrogen (secondary N) is 1. The van der Waals surface area contributed by atoms with Crippen LogP contribution in [0.1, 0.15) is 11.7 Å². The zero-order valence-electron chi connectivity index (χ0n) is 14.4. The van der Waals surface area contributed by atoms with Gasteiger partial charge in [0.15, 0.2) is 0 Å². The summed E-state index contributed by atoms with van der Waals surface area (Å²) in [6, 6.07) is 15.6. The van der Waals surface area contributed by atoms with E-state index in [0.29, 0.717) is 11.3 Å². The van der Waals surface area contributed by atoms with Crippen molar-refractivity contribution in [3.05, 3.63) is 70.6 Å². The fourth-order valence-electron chi connectivity index (χ4n) is 2.52. The van der Waals surface area contributed by atoms with E-state index in [1.165, 1.54) is 25.3 Å². The fourth-order valence-corrected chi connectivity index (χ4v) is 4.64. The van der Waals surface area contributed by atoms with E-state index in [9.17, 15) is 13.5 Å². The zero-order chi connectivity index (χ0) is 19.4. The van der Waals surface area contributed by atoms with Crippen LogP contribution in [0.15, 0.2) is 64.9 Å². The van der Waals surface area contributed by atoms with Gasteiger partial charge in [0, 0.05) is 11.4 Å². The summed E-state index contributed by atoms with van der Waals surface area (Å²) in [5.74, 6) is 0.390. The van der Waals surface area contributed by atoms with Gasteiger partial charge in [-0.2, -0.15) is 0 Å². The number of sulfonamides is 1. The smallest absolute Gasteiger partial charge is 0.240 e. The Labute approximate surface area is 167 Å². The Kier molecular flexibility index (Phi) is 6.18. The number of aliphatic hydroxyl groups is 1. The van der Waals surface area contributed by atoms with E-state index in [0.717, 1.165) is 10.4 Å². The standard InChI is InChI=1S/C19H18ClNO4S2/c1-25-18-9-8-15(11-16(18)20)27(23,24)21-12-17(22)13-4-6-14(7-5-13)19-3-2-10-26-19/h2-11,17,21-22H,12H2,1H3. The Morgan fingerprint density at radius 1 is 1.19 bits per heavy atom. The molecule has 8 heteroatoms. The molecule has 1 unspecified atom stereocenters. The van der Waals surface area contributed by atoms with Crippen molar-refractivity contribution in [2.24, 2.45) is 0 Å². The summed E-state index contributed by atoms with van der Waals surface area (Å²) in [4.78, 5) is 1.14. The van der Waals surface area contributed by atoms with Crippen molar-refractivity contribution in [1.82, 2.24) is 4.72 Å². The van der Waals surface area contributed by atoms with E-state index < -0.39 is 16.1 Å². The molecular weight excluding hydrogens is 406 g/mol. The topological polar surface area (TPSA) is 75.6 Å². The quantitative estimate of drug-likeness (QED) is 0.600. The number of rotatable bonds is 7. The van der Waals surface area contributed by atoms with Crippen molar-refractivity contribution in [2.75, 3.05) is 13.7 Å². The lowest BCUT2D eigenvalue weighted by Gasteiger charge is -2.14. The Balaban J connectivity index is 1.67. The molecule has 1 heterocycles. The third-order valence-electron chi connectivity index (χ3n) is 4.00. The van der Waals surface area contributed by atoms with Gasteiger partial charge >= 0.3 is 0 Å². The average molecular weight is 424 g/mol. The molecule has 0 saturated carbocycles. The van der Waals surface area contributed by atoms with Crippen molar-refractivity contribution >= 4 is 33.0 Å². The summed E-state index contributed by atoms with van der Waals surface area (Å²) >= 11 is 7.62. The molecule has 3 aromatic rings. The van der Waals surface area contributed by atoms with Gasteiger partial charge < -0.3 is 9.84 Å². The molecule has 142 valence electrons. The normalized spacial score (nSPS) is 12.7. The van der Waals surface area contributed by atoms with Crippen LogP contribution >= 0.6 is 22.9 Å². The van der Waals surface area contributed by atoms with Gasteiger partial charge in [0.05, 0.1) is 23.1 Å². The van der Waals surface area contributed by atoms with E-state index in [4.69, 9.17) is 16.3 Å². The summed E-state index contributed by atoms with van der Waals surface area (Å²) in [6.07, 6.45) is -0.967. The van der Waals surface area contributed by atoms with Crippen molar-refractivity contribution in [3.63, 3.8) is 0 Å². The van der Waals surface area contributed by atoms with Crippen LogP contribution in [-0.2, 0) is 10.0 Å². The number of halogens is 1. The first-order chi connectivity index (χ1) is 12.9. The highest BCUT2D eigenvalue weighted by Crippen LogP contribution is 2.28. The van der Waals surface area contributed by atoms with Crippen LogP contribution in [0.3, 0.4) is 0 Å². The van der Waals surface area contributed by atoms with Gasteiger partial charge in [-0.3, -0.25) is 0 Å². The van der Waals surface area contributed by atoms with Crippen molar-refractivity contribution < 1.29 is 18.3 Å². The zero-order valence-corrected chi connectivity index (χ0v) is 16.8. The number of methoxy groups -OCH3 is 1. The lowest BCUT2D eigenvalue weighted by molar-refractivity contribution is 0.182. The molecule has 0 aliphatic heterocycles. The van der Waals surface area contributed by atoms with Crippen LogP contribution in [0.25, 0.3) is 10.4 Å². The Morgan fingerprint density at radius 3 is 2.52 bits per heavy atom. The maximum Gasteiger partial charge on any atom is 0.240 e. The number of benzene rings is 2.